The summed E-state index contributed by atoms with van der Waals surface area (Å²) in [6, 6.07) is 13.7. The molecule has 1 N–H and O–H groups in total. The second kappa shape index (κ2) is 9.80. The molecule has 0 spiro atoms. The number of benzene rings is 2. The van der Waals surface area contributed by atoms with Crippen molar-refractivity contribution in [3.8, 4) is 0 Å². The van der Waals surface area contributed by atoms with Crippen molar-refractivity contribution in [1.29, 1.82) is 0 Å². The molecule has 1 aliphatic rings. The van der Waals surface area contributed by atoms with E-state index in [2.05, 4.69) is 12.2 Å². The first-order valence-electron chi connectivity index (χ1n) is 9.36. The summed E-state index contributed by atoms with van der Waals surface area (Å²) in [7, 11) is 0. The highest BCUT2D eigenvalue weighted by Crippen LogP contribution is 2.32. The number of anilines is 1. The van der Waals surface area contributed by atoms with Gasteiger partial charge in [0.15, 0.2) is 0 Å². The van der Waals surface area contributed by atoms with Gasteiger partial charge in [0.2, 0.25) is 5.91 Å². The van der Waals surface area contributed by atoms with Gasteiger partial charge in [-0.05, 0) is 54.3 Å². The highest BCUT2D eigenvalue weighted by molar-refractivity contribution is 8.26. The predicted molar refractivity (Wildman–Crippen MR) is 120 cm³/mol. The molecule has 3 rings (SSSR count). The van der Waals surface area contributed by atoms with Crippen LogP contribution in [0, 0.1) is 5.82 Å². The molecule has 1 saturated heterocycles. The molecule has 1 fully saturated rings. The van der Waals surface area contributed by atoms with Gasteiger partial charge in [0.1, 0.15) is 10.1 Å². The number of hydrogen-bond acceptors (Lipinski definition) is 4. The number of nitrogens with zero attached hydrogens (tertiary/aromatic N) is 1. The third-order valence-corrected chi connectivity index (χ3v) is 5.85. The van der Waals surface area contributed by atoms with E-state index in [1.807, 2.05) is 30.3 Å². The quantitative estimate of drug-likeness (QED) is 0.498. The highest BCUT2D eigenvalue weighted by atomic mass is 32.2. The first-order chi connectivity index (χ1) is 14.0. The monoisotopic (exact) mass is 428 g/mol. The van der Waals surface area contributed by atoms with Crippen LogP contribution in [0.5, 0.6) is 0 Å². The first-order valence-corrected chi connectivity index (χ1v) is 10.6. The van der Waals surface area contributed by atoms with Crippen LogP contribution in [-0.2, 0) is 16.0 Å². The second-order valence-corrected chi connectivity index (χ2v) is 8.26. The van der Waals surface area contributed by atoms with Crippen LogP contribution in [0.25, 0.3) is 6.08 Å². The number of rotatable bonds is 7. The minimum atomic E-state index is -0.355. The molecule has 0 atom stereocenters. The second-order valence-electron chi connectivity index (χ2n) is 6.59. The van der Waals surface area contributed by atoms with Gasteiger partial charge in [-0.15, -0.1) is 0 Å². The van der Waals surface area contributed by atoms with E-state index in [-0.39, 0.29) is 24.1 Å². The lowest BCUT2D eigenvalue weighted by Crippen LogP contribution is -2.29. The van der Waals surface area contributed by atoms with Crippen LogP contribution in [0.1, 0.15) is 30.9 Å². The van der Waals surface area contributed by atoms with E-state index in [9.17, 15) is 14.0 Å². The zero-order valence-corrected chi connectivity index (χ0v) is 17.6. The van der Waals surface area contributed by atoms with E-state index in [0.29, 0.717) is 27.9 Å². The van der Waals surface area contributed by atoms with Crippen LogP contribution in [-0.4, -0.2) is 27.6 Å². The Morgan fingerprint density at radius 1 is 1.17 bits per heavy atom. The van der Waals surface area contributed by atoms with Crippen LogP contribution in [0.4, 0.5) is 10.1 Å². The summed E-state index contributed by atoms with van der Waals surface area (Å²) in [6.07, 6.45) is 3.54. The molecular formula is C22H21FN2O2S2. The Bertz CT molecular complexity index is 940. The van der Waals surface area contributed by atoms with Gasteiger partial charge >= 0.3 is 0 Å². The van der Waals surface area contributed by atoms with E-state index in [1.54, 1.807) is 0 Å². The van der Waals surface area contributed by atoms with Gasteiger partial charge in [-0.3, -0.25) is 14.5 Å². The molecule has 1 heterocycles. The third kappa shape index (κ3) is 5.74. The smallest absolute Gasteiger partial charge is 0.266 e. The maximum atomic E-state index is 12.9. The number of aryl methyl sites for hydroxylation is 1. The van der Waals surface area contributed by atoms with Crippen molar-refractivity contribution in [1.82, 2.24) is 4.90 Å². The van der Waals surface area contributed by atoms with Crippen molar-refractivity contribution < 1.29 is 14.0 Å². The molecule has 150 valence electrons. The molecule has 0 aromatic heterocycles. The summed E-state index contributed by atoms with van der Waals surface area (Å²) in [4.78, 5) is 26.8. The van der Waals surface area contributed by atoms with E-state index in [1.165, 1.54) is 46.5 Å². The molecule has 2 amide bonds. The van der Waals surface area contributed by atoms with Crippen molar-refractivity contribution in [2.45, 2.75) is 26.2 Å². The van der Waals surface area contributed by atoms with Gasteiger partial charge in [-0.2, -0.15) is 0 Å². The molecule has 1 aliphatic heterocycles. The maximum absolute atomic E-state index is 12.9. The number of amides is 2. The molecule has 0 radical (unpaired) electrons. The van der Waals surface area contributed by atoms with Gasteiger partial charge in [0.05, 0.1) is 4.91 Å². The lowest BCUT2D eigenvalue weighted by Gasteiger charge is -2.14. The fraction of sp³-hybridized carbons (Fsp3) is 0.227. The first kappa shape index (κ1) is 21.2. The lowest BCUT2D eigenvalue weighted by molar-refractivity contribution is -0.122. The summed E-state index contributed by atoms with van der Waals surface area (Å²) in [5, 5.41) is 2.71. The zero-order chi connectivity index (χ0) is 20.8. The standard InChI is InChI=1S/C22H21FN2O2S2/c1-2-15-5-7-16(8-6-15)14-19-21(27)25(22(28)29-19)13-3-4-20(26)24-18-11-9-17(23)10-12-18/h5-12,14H,2-4,13H2,1H3,(H,24,26)/b19-14+. The molecule has 0 aliphatic carbocycles. The van der Waals surface area contributed by atoms with E-state index < -0.39 is 0 Å². The number of thiocarbonyl (C=S) groups is 1. The molecule has 0 bridgehead atoms. The Morgan fingerprint density at radius 2 is 1.86 bits per heavy atom. The molecule has 29 heavy (non-hydrogen) atoms. The summed E-state index contributed by atoms with van der Waals surface area (Å²) in [5.74, 6) is -0.668. The van der Waals surface area contributed by atoms with Crippen LogP contribution in [0.3, 0.4) is 0 Å². The number of thioether (sulfide) groups is 1. The fourth-order valence-corrected chi connectivity index (χ4v) is 4.16. The lowest BCUT2D eigenvalue weighted by atomic mass is 10.1. The predicted octanol–water partition coefficient (Wildman–Crippen LogP) is 5.01. The Labute approximate surface area is 179 Å². The molecule has 2 aromatic carbocycles. The molecule has 4 nitrogen and oxygen atoms in total. The summed E-state index contributed by atoms with van der Waals surface area (Å²) in [5.41, 5.74) is 2.74. The molecule has 0 saturated carbocycles. The highest BCUT2D eigenvalue weighted by Gasteiger charge is 2.31. The minimum absolute atomic E-state index is 0.126. The largest absolute Gasteiger partial charge is 0.326 e. The van der Waals surface area contributed by atoms with Crippen molar-refractivity contribution in [3.05, 3.63) is 70.4 Å². The minimum Gasteiger partial charge on any atom is -0.326 e. The molecule has 0 unspecified atom stereocenters. The van der Waals surface area contributed by atoms with Crippen molar-refractivity contribution in [3.63, 3.8) is 0 Å². The Kier molecular flexibility index (Phi) is 7.17. The van der Waals surface area contributed by atoms with Crippen molar-refractivity contribution >= 4 is 51.9 Å². The summed E-state index contributed by atoms with van der Waals surface area (Å²) < 4.78 is 13.4. The number of carbonyl (C=O) groups excluding carboxylic acids is 2. The van der Waals surface area contributed by atoms with Crippen LogP contribution < -0.4 is 5.32 Å². The normalized spacial score (nSPS) is 15.2. The molecule has 7 heteroatoms. The Hall–Kier alpha value is -2.51. The van der Waals surface area contributed by atoms with Gasteiger partial charge in [0, 0.05) is 18.7 Å². The van der Waals surface area contributed by atoms with Gasteiger partial charge in [-0.1, -0.05) is 55.2 Å². The number of carbonyl (C=O) groups is 2. The number of nitrogens with one attached hydrogen (secondary N) is 1. The van der Waals surface area contributed by atoms with Crippen LogP contribution in [0.15, 0.2) is 53.4 Å². The van der Waals surface area contributed by atoms with Crippen LogP contribution in [0.2, 0.25) is 0 Å². The average Bonchev–Trinajstić information content (AvgIpc) is 2.97. The third-order valence-electron chi connectivity index (χ3n) is 4.47. The Balaban J connectivity index is 1.52. The molecule has 2 aromatic rings. The van der Waals surface area contributed by atoms with E-state index in [4.69, 9.17) is 12.2 Å². The zero-order valence-electron chi connectivity index (χ0n) is 16.0. The Morgan fingerprint density at radius 3 is 2.52 bits per heavy atom. The topological polar surface area (TPSA) is 49.4 Å². The van der Waals surface area contributed by atoms with Gasteiger partial charge in [-0.25, -0.2) is 4.39 Å². The average molecular weight is 429 g/mol. The summed E-state index contributed by atoms with van der Waals surface area (Å²) >= 11 is 6.62. The van der Waals surface area contributed by atoms with E-state index >= 15 is 0 Å². The van der Waals surface area contributed by atoms with Crippen molar-refractivity contribution in [2.75, 3.05) is 11.9 Å². The number of hydrogen-bond donors (Lipinski definition) is 1. The summed E-state index contributed by atoms with van der Waals surface area (Å²) in [6.45, 7) is 2.48. The van der Waals surface area contributed by atoms with Crippen LogP contribution >= 0.6 is 24.0 Å². The van der Waals surface area contributed by atoms with Gasteiger partial charge < -0.3 is 5.32 Å². The molecular weight excluding hydrogens is 407 g/mol. The maximum Gasteiger partial charge on any atom is 0.266 e. The SMILES string of the molecule is CCc1ccc(/C=C2/SC(=S)N(CCCC(=O)Nc3ccc(F)cc3)C2=O)cc1. The van der Waals surface area contributed by atoms with Crippen molar-refractivity contribution in [2.24, 2.45) is 0 Å². The fourth-order valence-electron chi connectivity index (χ4n) is 2.85. The van der Waals surface area contributed by atoms with E-state index in [0.717, 1.165) is 12.0 Å². The van der Waals surface area contributed by atoms with Gasteiger partial charge in [0.25, 0.3) is 5.91 Å². The number of halogens is 1.